The Morgan fingerprint density at radius 2 is 1.68 bits per heavy atom. The minimum absolute atomic E-state index is 0.166. The molecule has 0 unspecified atom stereocenters. The van der Waals surface area contributed by atoms with E-state index >= 15 is 0 Å². The maximum absolute atomic E-state index is 12.3. The number of halogens is 2. The minimum atomic E-state index is -0.602. The second-order valence-electron chi connectivity index (χ2n) is 5.66. The Hall–Kier alpha value is -1.26. The van der Waals surface area contributed by atoms with E-state index in [2.05, 4.69) is 0 Å². The van der Waals surface area contributed by atoms with Crippen LogP contribution < -0.4 is 0 Å². The van der Waals surface area contributed by atoms with Gasteiger partial charge in [0.15, 0.2) is 6.61 Å². The zero-order valence-corrected chi connectivity index (χ0v) is 14.2. The molecule has 0 aliphatic carbocycles. The number of esters is 1. The van der Waals surface area contributed by atoms with Crippen molar-refractivity contribution in [1.82, 2.24) is 4.90 Å². The molecule has 22 heavy (non-hydrogen) atoms. The zero-order chi connectivity index (χ0) is 16.3. The molecule has 1 heterocycles. The third-order valence-corrected chi connectivity index (χ3v) is 4.34. The predicted molar refractivity (Wildman–Crippen MR) is 86.4 cm³/mol. The monoisotopic (exact) mass is 343 g/mol. The molecule has 0 aromatic heterocycles. The average Bonchev–Trinajstić information content (AvgIpc) is 2.43. The van der Waals surface area contributed by atoms with Crippen molar-refractivity contribution in [2.24, 2.45) is 0 Å². The summed E-state index contributed by atoms with van der Waals surface area (Å²) in [6.07, 6.45) is 3.08. The Morgan fingerprint density at radius 3 is 2.23 bits per heavy atom. The number of carbonyl (C=O) groups is 2. The van der Waals surface area contributed by atoms with Gasteiger partial charge in [0.2, 0.25) is 0 Å². The van der Waals surface area contributed by atoms with E-state index < -0.39 is 5.97 Å². The quantitative estimate of drug-likeness (QED) is 0.781. The first-order chi connectivity index (χ1) is 10.4. The van der Waals surface area contributed by atoms with Gasteiger partial charge in [-0.3, -0.25) is 4.79 Å². The fourth-order valence-electron chi connectivity index (χ4n) is 2.87. The maximum Gasteiger partial charge on any atom is 0.338 e. The van der Waals surface area contributed by atoms with Gasteiger partial charge in [-0.05, 0) is 51.3 Å². The first-order valence-electron chi connectivity index (χ1n) is 7.33. The SMILES string of the molecule is C[C@@H]1CCC[C@H](C)N1C(=O)COC(=O)c1cc(Cl)cc(Cl)c1. The number of benzene rings is 1. The zero-order valence-electron chi connectivity index (χ0n) is 12.6. The molecule has 0 radical (unpaired) electrons. The normalized spacial score (nSPS) is 21.5. The summed E-state index contributed by atoms with van der Waals surface area (Å²) in [6.45, 7) is 3.77. The summed E-state index contributed by atoms with van der Waals surface area (Å²) in [7, 11) is 0. The molecule has 2 rings (SSSR count). The molecular formula is C16H19Cl2NO3. The molecule has 1 aromatic carbocycles. The highest BCUT2D eigenvalue weighted by Crippen LogP contribution is 2.23. The smallest absolute Gasteiger partial charge is 0.338 e. The Bertz CT molecular complexity index is 546. The van der Waals surface area contributed by atoms with Gasteiger partial charge in [0.1, 0.15) is 0 Å². The number of likely N-dealkylation sites (tertiary alicyclic amines) is 1. The van der Waals surface area contributed by atoms with E-state index in [1.165, 1.54) is 18.2 Å². The fourth-order valence-corrected chi connectivity index (χ4v) is 3.40. The third kappa shape index (κ3) is 4.14. The number of nitrogens with zero attached hydrogens (tertiary/aromatic N) is 1. The molecule has 1 aliphatic heterocycles. The summed E-state index contributed by atoms with van der Waals surface area (Å²) in [5, 5.41) is 0.702. The molecule has 1 aromatic rings. The lowest BCUT2D eigenvalue weighted by atomic mass is 9.97. The van der Waals surface area contributed by atoms with Crippen LogP contribution in [0.3, 0.4) is 0 Å². The van der Waals surface area contributed by atoms with Crippen molar-refractivity contribution >= 4 is 35.1 Å². The second-order valence-corrected chi connectivity index (χ2v) is 6.54. The summed E-state index contributed by atoms with van der Waals surface area (Å²) in [6, 6.07) is 4.81. The van der Waals surface area contributed by atoms with Gasteiger partial charge in [-0.25, -0.2) is 4.79 Å². The fraction of sp³-hybridized carbons (Fsp3) is 0.500. The molecule has 0 bridgehead atoms. The summed E-state index contributed by atoms with van der Waals surface area (Å²) in [4.78, 5) is 26.1. The van der Waals surface area contributed by atoms with Crippen molar-refractivity contribution < 1.29 is 14.3 Å². The van der Waals surface area contributed by atoms with E-state index in [4.69, 9.17) is 27.9 Å². The van der Waals surface area contributed by atoms with E-state index in [0.29, 0.717) is 10.0 Å². The maximum atomic E-state index is 12.3. The minimum Gasteiger partial charge on any atom is -0.452 e. The first-order valence-corrected chi connectivity index (χ1v) is 8.08. The molecule has 1 saturated heterocycles. The number of piperidine rings is 1. The molecule has 1 amide bonds. The topological polar surface area (TPSA) is 46.6 Å². The van der Waals surface area contributed by atoms with E-state index in [1.54, 1.807) is 0 Å². The second kappa shape index (κ2) is 7.34. The van der Waals surface area contributed by atoms with Gasteiger partial charge >= 0.3 is 5.97 Å². The average molecular weight is 344 g/mol. The molecule has 0 saturated carbocycles. The number of hydrogen-bond donors (Lipinski definition) is 0. The summed E-state index contributed by atoms with van der Waals surface area (Å²) >= 11 is 11.7. The molecule has 2 atom stereocenters. The van der Waals surface area contributed by atoms with Crippen LogP contribution in [0.15, 0.2) is 18.2 Å². The highest BCUT2D eigenvalue weighted by molar-refractivity contribution is 6.35. The van der Waals surface area contributed by atoms with Gasteiger partial charge in [0, 0.05) is 22.1 Å². The number of rotatable bonds is 3. The van der Waals surface area contributed by atoms with Crippen LogP contribution in [0, 0.1) is 0 Å². The standard InChI is InChI=1S/C16H19Cl2NO3/c1-10-4-3-5-11(2)19(10)15(20)9-22-16(21)12-6-13(17)8-14(18)7-12/h6-8,10-11H,3-5,9H2,1-2H3/t10-,11+. The molecule has 0 spiro atoms. The van der Waals surface area contributed by atoms with Crippen LogP contribution in [0.4, 0.5) is 0 Å². The Morgan fingerprint density at radius 1 is 1.14 bits per heavy atom. The van der Waals surface area contributed by atoms with Crippen molar-refractivity contribution in [3.8, 4) is 0 Å². The van der Waals surface area contributed by atoms with E-state index in [-0.39, 0.29) is 30.2 Å². The van der Waals surface area contributed by atoms with Crippen LogP contribution in [-0.2, 0) is 9.53 Å². The van der Waals surface area contributed by atoms with Crippen LogP contribution in [0.25, 0.3) is 0 Å². The molecule has 6 heteroatoms. The molecule has 0 N–H and O–H groups in total. The molecular weight excluding hydrogens is 325 g/mol. The van der Waals surface area contributed by atoms with E-state index in [0.717, 1.165) is 19.3 Å². The lowest BCUT2D eigenvalue weighted by Crippen LogP contribution is -2.49. The first kappa shape index (κ1) is 17.1. The third-order valence-electron chi connectivity index (χ3n) is 3.91. The van der Waals surface area contributed by atoms with E-state index in [9.17, 15) is 9.59 Å². The lowest BCUT2D eigenvalue weighted by Gasteiger charge is -2.38. The van der Waals surface area contributed by atoms with E-state index in [1.807, 2.05) is 18.7 Å². The van der Waals surface area contributed by atoms with Gasteiger partial charge < -0.3 is 9.64 Å². The number of carbonyl (C=O) groups excluding carboxylic acids is 2. The number of ether oxygens (including phenoxy) is 1. The largest absolute Gasteiger partial charge is 0.452 e. The Kier molecular flexibility index (Phi) is 5.70. The van der Waals surface area contributed by atoms with Gasteiger partial charge in [-0.2, -0.15) is 0 Å². The van der Waals surface area contributed by atoms with Crippen molar-refractivity contribution in [3.63, 3.8) is 0 Å². The molecule has 1 fully saturated rings. The molecule has 120 valence electrons. The van der Waals surface area contributed by atoms with Crippen molar-refractivity contribution in [2.75, 3.05) is 6.61 Å². The molecule has 1 aliphatic rings. The van der Waals surface area contributed by atoms with Gasteiger partial charge in [0.05, 0.1) is 5.56 Å². The van der Waals surface area contributed by atoms with Gasteiger partial charge in [0.25, 0.3) is 5.91 Å². The highest BCUT2D eigenvalue weighted by Gasteiger charge is 2.29. The lowest BCUT2D eigenvalue weighted by molar-refractivity contribution is -0.140. The number of amides is 1. The Balaban J connectivity index is 1.96. The summed E-state index contributed by atoms with van der Waals surface area (Å²) in [5.41, 5.74) is 0.241. The molecule has 4 nitrogen and oxygen atoms in total. The number of hydrogen-bond acceptors (Lipinski definition) is 3. The van der Waals surface area contributed by atoms with Crippen molar-refractivity contribution in [3.05, 3.63) is 33.8 Å². The summed E-state index contributed by atoms with van der Waals surface area (Å²) in [5.74, 6) is -0.767. The van der Waals surface area contributed by atoms with Crippen LogP contribution in [0.5, 0.6) is 0 Å². The van der Waals surface area contributed by atoms with Gasteiger partial charge in [-0.15, -0.1) is 0 Å². The van der Waals surface area contributed by atoms with Crippen LogP contribution in [0.1, 0.15) is 43.5 Å². The van der Waals surface area contributed by atoms with Crippen molar-refractivity contribution in [2.45, 2.75) is 45.2 Å². The van der Waals surface area contributed by atoms with Crippen LogP contribution in [-0.4, -0.2) is 35.5 Å². The van der Waals surface area contributed by atoms with Crippen LogP contribution >= 0.6 is 23.2 Å². The van der Waals surface area contributed by atoms with Gasteiger partial charge in [-0.1, -0.05) is 23.2 Å². The Labute approximate surface area is 140 Å². The predicted octanol–water partition coefficient (Wildman–Crippen LogP) is 3.94. The summed E-state index contributed by atoms with van der Waals surface area (Å²) < 4.78 is 5.10. The van der Waals surface area contributed by atoms with Crippen LogP contribution in [0.2, 0.25) is 10.0 Å². The van der Waals surface area contributed by atoms with Crippen molar-refractivity contribution in [1.29, 1.82) is 0 Å². The highest BCUT2D eigenvalue weighted by atomic mass is 35.5.